The van der Waals surface area contributed by atoms with Crippen LogP contribution in [-0.2, 0) is 9.63 Å². The fourth-order valence-electron chi connectivity index (χ4n) is 2.57. The highest BCUT2D eigenvalue weighted by molar-refractivity contribution is 6.22. The highest BCUT2D eigenvalue weighted by Crippen LogP contribution is 2.36. The first-order chi connectivity index (χ1) is 9.16. The zero-order valence-electron chi connectivity index (χ0n) is 10.6. The van der Waals surface area contributed by atoms with E-state index < -0.39 is 5.97 Å². The van der Waals surface area contributed by atoms with Crippen LogP contribution in [0.5, 0.6) is 0 Å². The molecule has 1 aliphatic rings. The van der Waals surface area contributed by atoms with E-state index in [1.54, 1.807) is 0 Å². The second-order valence-electron chi connectivity index (χ2n) is 4.68. The number of benzene rings is 2. The molecule has 0 N–H and O–H groups in total. The van der Waals surface area contributed by atoms with Crippen LogP contribution in [0, 0.1) is 0 Å². The number of oxime groups is 1. The van der Waals surface area contributed by atoms with E-state index in [0.29, 0.717) is 6.42 Å². The molecular weight excluding hydrogens is 237 g/mol. The zero-order valence-corrected chi connectivity index (χ0v) is 10.6. The van der Waals surface area contributed by atoms with Gasteiger partial charge in [-0.05, 0) is 28.6 Å². The number of hydrogen-bond acceptors (Lipinski definition) is 3. The maximum Gasteiger partial charge on any atom is 0.331 e. The first-order valence-corrected chi connectivity index (χ1v) is 6.19. The molecule has 3 rings (SSSR count). The molecule has 4 heteroatoms. The van der Waals surface area contributed by atoms with Gasteiger partial charge in [-0.2, -0.15) is 0 Å². The Labute approximate surface area is 112 Å². The number of fused-ring (bicyclic) bond motifs is 3. The molecule has 0 aromatic heterocycles. The molecule has 0 saturated carbocycles. The molecular formula is C15H12BNO2. The highest BCUT2D eigenvalue weighted by Gasteiger charge is 2.26. The summed E-state index contributed by atoms with van der Waals surface area (Å²) in [5.74, 6) is -0.522. The minimum absolute atomic E-state index is 0.101. The first-order valence-electron chi connectivity index (χ1n) is 6.19. The largest absolute Gasteiger partial charge is 0.331 e. The van der Waals surface area contributed by atoms with E-state index in [0.717, 1.165) is 27.6 Å². The van der Waals surface area contributed by atoms with Gasteiger partial charge in [-0.25, -0.2) is 4.79 Å². The lowest BCUT2D eigenvalue weighted by molar-refractivity contribution is -0.140. The number of hydrogen-bond donors (Lipinski definition) is 0. The van der Waals surface area contributed by atoms with Crippen LogP contribution in [0.2, 0.25) is 0 Å². The molecule has 19 heavy (non-hydrogen) atoms. The third-order valence-electron chi connectivity index (χ3n) is 3.35. The minimum atomic E-state index is -0.421. The Balaban J connectivity index is 2.16. The second kappa shape index (κ2) is 4.54. The predicted octanol–water partition coefficient (Wildman–Crippen LogP) is 2.72. The summed E-state index contributed by atoms with van der Waals surface area (Å²) in [4.78, 5) is 15.6. The quantitative estimate of drug-likeness (QED) is 0.442. The predicted molar refractivity (Wildman–Crippen MR) is 75.4 cm³/mol. The lowest BCUT2D eigenvalue weighted by Gasteiger charge is -2.08. The van der Waals surface area contributed by atoms with Crippen molar-refractivity contribution in [1.82, 2.24) is 0 Å². The van der Waals surface area contributed by atoms with Gasteiger partial charge in [0.1, 0.15) is 0 Å². The van der Waals surface area contributed by atoms with Crippen molar-refractivity contribution in [3.05, 3.63) is 47.5 Å². The van der Waals surface area contributed by atoms with Gasteiger partial charge in [-0.15, -0.1) is 0 Å². The van der Waals surface area contributed by atoms with Gasteiger partial charge in [0.05, 0.1) is 13.6 Å². The molecule has 1 aliphatic carbocycles. The Morgan fingerprint density at radius 1 is 1.32 bits per heavy atom. The summed E-state index contributed by atoms with van der Waals surface area (Å²) in [6, 6.07) is 12.1. The van der Waals surface area contributed by atoms with Crippen LogP contribution in [0.25, 0.3) is 10.8 Å². The SMILES string of the molecule is [B]C1C/C(=N\OC(C)=O)c2ccc3ccccc3c21. The number of carbonyl (C=O) groups is 1. The average molecular weight is 249 g/mol. The number of rotatable bonds is 1. The van der Waals surface area contributed by atoms with Crippen molar-refractivity contribution in [2.45, 2.75) is 19.2 Å². The fraction of sp³-hybridized carbons (Fsp3) is 0.200. The minimum Gasteiger partial charge on any atom is -0.318 e. The smallest absolute Gasteiger partial charge is 0.318 e. The zero-order chi connectivity index (χ0) is 13.4. The number of carbonyl (C=O) groups excluding carboxylic acids is 1. The maximum atomic E-state index is 10.8. The monoisotopic (exact) mass is 249 g/mol. The third kappa shape index (κ3) is 2.03. The standard InChI is InChI=1S/C15H12BNO2/c1-9(18)19-17-14-8-13(16)15-11-5-3-2-4-10(11)6-7-12(14)15/h2-7,13H,8H2,1H3/b17-14+. The van der Waals surface area contributed by atoms with E-state index in [4.69, 9.17) is 12.7 Å². The molecule has 0 aliphatic heterocycles. The summed E-state index contributed by atoms with van der Waals surface area (Å²) in [5, 5.41) is 6.21. The second-order valence-corrected chi connectivity index (χ2v) is 4.68. The summed E-state index contributed by atoms with van der Waals surface area (Å²) in [5.41, 5.74) is 2.81. The van der Waals surface area contributed by atoms with Crippen LogP contribution < -0.4 is 0 Å². The topological polar surface area (TPSA) is 38.7 Å². The van der Waals surface area contributed by atoms with E-state index in [2.05, 4.69) is 17.3 Å². The van der Waals surface area contributed by atoms with E-state index in [-0.39, 0.29) is 5.82 Å². The molecule has 2 radical (unpaired) electrons. The summed E-state index contributed by atoms with van der Waals surface area (Å²) in [6.45, 7) is 1.33. The Morgan fingerprint density at radius 2 is 2.11 bits per heavy atom. The van der Waals surface area contributed by atoms with Crippen molar-refractivity contribution in [3.8, 4) is 0 Å². The van der Waals surface area contributed by atoms with Crippen LogP contribution in [0.3, 0.4) is 0 Å². The van der Waals surface area contributed by atoms with E-state index in [1.165, 1.54) is 6.92 Å². The average Bonchev–Trinajstić information content (AvgIpc) is 2.73. The highest BCUT2D eigenvalue weighted by atomic mass is 16.7. The molecule has 92 valence electrons. The van der Waals surface area contributed by atoms with Gasteiger partial charge >= 0.3 is 5.97 Å². The van der Waals surface area contributed by atoms with Crippen molar-refractivity contribution < 1.29 is 9.63 Å². The molecule has 2 aromatic carbocycles. The molecule has 0 amide bonds. The van der Waals surface area contributed by atoms with Crippen molar-refractivity contribution in [3.63, 3.8) is 0 Å². The molecule has 0 bridgehead atoms. The van der Waals surface area contributed by atoms with Gasteiger partial charge in [0.25, 0.3) is 0 Å². The third-order valence-corrected chi connectivity index (χ3v) is 3.35. The fourth-order valence-corrected chi connectivity index (χ4v) is 2.57. The van der Waals surface area contributed by atoms with E-state index in [9.17, 15) is 4.79 Å². The van der Waals surface area contributed by atoms with Crippen LogP contribution in [-0.4, -0.2) is 19.5 Å². The molecule has 0 spiro atoms. The van der Waals surface area contributed by atoms with Crippen molar-refractivity contribution in [2.24, 2.45) is 5.16 Å². The van der Waals surface area contributed by atoms with E-state index >= 15 is 0 Å². The summed E-state index contributed by atoms with van der Waals surface area (Å²) in [7, 11) is 6.19. The van der Waals surface area contributed by atoms with Crippen LogP contribution in [0.4, 0.5) is 0 Å². The van der Waals surface area contributed by atoms with Gasteiger partial charge in [-0.3, -0.25) is 0 Å². The summed E-state index contributed by atoms with van der Waals surface area (Å²) < 4.78 is 0. The van der Waals surface area contributed by atoms with Crippen molar-refractivity contribution in [2.75, 3.05) is 0 Å². The Hall–Kier alpha value is -2.10. The molecule has 3 nitrogen and oxygen atoms in total. The Kier molecular flexibility index (Phi) is 2.86. The normalized spacial score (nSPS) is 19.6. The van der Waals surface area contributed by atoms with Gasteiger partial charge in [-0.1, -0.05) is 41.6 Å². The lowest BCUT2D eigenvalue weighted by Crippen LogP contribution is -2.00. The van der Waals surface area contributed by atoms with Gasteiger partial charge in [0, 0.05) is 12.5 Å². The van der Waals surface area contributed by atoms with Gasteiger partial charge in [0.2, 0.25) is 0 Å². The lowest BCUT2D eigenvalue weighted by atomic mass is 9.80. The molecule has 2 aromatic rings. The maximum absolute atomic E-state index is 10.8. The van der Waals surface area contributed by atoms with Gasteiger partial charge in [0.15, 0.2) is 0 Å². The molecule has 0 saturated heterocycles. The number of nitrogens with zero attached hydrogens (tertiary/aromatic N) is 1. The summed E-state index contributed by atoms with van der Waals surface area (Å²) >= 11 is 0. The van der Waals surface area contributed by atoms with Crippen LogP contribution in [0.1, 0.15) is 30.3 Å². The molecule has 0 fully saturated rings. The Bertz CT molecular complexity index is 694. The Morgan fingerprint density at radius 3 is 2.89 bits per heavy atom. The van der Waals surface area contributed by atoms with Crippen LogP contribution in [0.15, 0.2) is 41.6 Å². The molecule has 1 unspecified atom stereocenters. The molecule has 1 atom stereocenters. The molecule has 0 heterocycles. The van der Waals surface area contributed by atoms with Crippen molar-refractivity contribution >= 4 is 30.3 Å². The van der Waals surface area contributed by atoms with Crippen molar-refractivity contribution in [1.29, 1.82) is 0 Å². The summed E-state index contributed by atoms with van der Waals surface area (Å²) in [6.07, 6.45) is 0.594. The first kappa shape index (κ1) is 12.0. The van der Waals surface area contributed by atoms with Gasteiger partial charge < -0.3 is 4.84 Å². The van der Waals surface area contributed by atoms with E-state index in [1.807, 2.05) is 24.3 Å². The van der Waals surface area contributed by atoms with Crippen LogP contribution >= 0.6 is 0 Å².